The van der Waals surface area contributed by atoms with Crippen LogP contribution in [0.5, 0.6) is 0 Å². The molecule has 0 fully saturated rings. The minimum atomic E-state index is -5.20. The average Bonchev–Trinajstić information content (AvgIpc) is 1.58. The summed E-state index contributed by atoms with van der Waals surface area (Å²) in [6.45, 7) is 0.383. The summed E-state index contributed by atoms with van der Waals surface area (Å²) in [6.07, 6.45) is 0. The molecule has 0 aromatic rings. The van der Waals surface area contributed by atoms with Gasteiger partial charge in [0.15, 0.2) is 0 Å². The average molecular weight is 345 g/mol. The number of rotatable bonds is 2. The van der Waals surface area contributed by atoms with Gasteiger partial charge in [0.1, 0.15) is 0 Å². The monoisotopic (exact) mass is 346 g/mol. The van der Waals surface area contributed by atoms with Crippen LogP contribution in [0, 0.1) is 0 Å². The van der Waals surface area contributed by atoms with Gasteiger partial charge in [-0.15, -0.1) is 0 Å². The van der Waals surface area contributed by atoms with Gasteiger partial charge in [0, 0.05) is 0 Å². The Hall–Kier alpha value is 1.83. The van der Waals surface area contributed by atoms with Crippen molar-refractivity contribution in [2.45, 2.75) is 12.0 Å². The fraction of sp³-hybridized carbons (Fsp3) is 1.00. The van der Waals surface area contributed by atoms with Crippen LogP contribution in [0.3, 0.4) is 0 Å². The van der Waals surface area contributed by atoms with Crippen LogP contribution in [0.2, 0.25) is 0 Å². The van der Waals surface area contributed by atoms with E-state index in [1.807, 2.05) is 0 Å². The summed E-state index contributed by atoms with van der Waals surface area (Å²) in [4.78, 5) is 33.0. The molecule has 0 radical (unpaired) electrons. The van der Waals surface area contributed by atoms with E-state index in [2.05, 4.69) is 0 Å². The molecule has 0 aliphatic rings. The van der Waals surface area contributed by atoms with E-state index in [0.717, 1.165) is 0 Å². The summed E-state index contributed by atoms with van der Waals surface area (Å²) in [6, 6.07) is 0. The van der Waals surface area contributed by atoms with Crippen molar-refractivity contribution in [1.82, 2.24) is 0 Å². The van der Waals surface area contributed by atoms with E-state index in [9.17, 15) is 9.13 Å². The van der Waals surface area contributed by atoms with E-state index < -0.39 is 20.3 Å². The SMILES string of the molecule is CC(O)(P(=O)(O)O)P(=O)(O)O.[Ba+2].[H-].[H-]. The Bertz CT molecular complexity index is 220. The molecule has 0 aromatic carbocycles. The molecular weight excluding hydrogens is 335 g/mol. The van der Waals surface area contributed by atoms with Gasteiger partial charge < -0.3 is 27.5 Å². The topological polar surface area (TPSA) is 135 Å². The second-order valence-corrected chi connectivity index (χ2v) is 6.33. The Kier molecular flexibility index (Phi) is 6.19. The predicted octanol–water partition coefficient (Wildman–Crippen LogP) is -1.15. The quantitative estimate of drug-likeness (QED) is 0.315. The van der Waals surface area contributed by atoms with Gasteiger partial charge in [-0.05, 0) is 6.92 Å². The summed E-state index contributed by atoms with van der Waals surface area (Å²) in [7, 11) is -10.4. The number of hydrogen-bond donors (Lipinski definition) is 5. The molecule has 0 heterocycles. The molecule has 0 unspecified atom stereocenters. The van der Waals surface area contributed by atoms with Gasteiger partial charge in [0.25, 0.3) is 5.08 Å². The first kappa shape index (κ1) is 16.3. The molecule has 0 aromatic heterocycles. The van der Waals surface area contributed by atoms with Gasteiger partial charge in [0.2, 0.25) is 0 Å². The van der Waals surface area contributed by atoms with Crippen molar-refractivity contribution in [3.05, 3.63) is 0 Å². The third-order valence-electron chi connectivity index (χ3n) is 1.10. The summed E-state index contributed by atoms with van der Waals surface area (Å²) < 4.78 is 20.5. The van der Waals surface area contributed by atoms with E-state index in [-0.39, 0.29) is 51.7 Å². The molecule has 0 amide bonds. The molecular formula is C2H10BaO7P2. The van der Waals surface area contributed by atoms with Gasteiger partial charge in [-0.25, -0.2) is 0 Å². The number of hydrogen-bond acceptors (Lipinski definition) is 3. The van der Waals surface area contributed by atoms with Gasteiger partial charge in [-0.2, -0.15) is 0 Å². The summed E-state index contributed by atoms with van der Waals surface area (Å²) in [5.74, 6) is 0. The van der Waals surface area contributed by atoms with Crippen LogP contribution in [-0.4, -0.2) is 78.6 Å². The molecule has 0 saturated heterocycles. The van der Waals surface area contributed by atoms with Crippen molar-refractivity contribution in [2.75, 3.05) is 0 Å². The van der Waals surface area contributed by atoms with Crippen molar-refractivity contribution in [3.63, 3.8) is 0 Å². The van der Waals surface area contributed by atoms with Crippen LogP contribution in [0.1, 0.15) is 9.78 Å². The molecule has 72 valence electrons. The van der Waals surface area contributed by atoms with Crippen molar-refractivity contribution in [2.24, 2.45) is 0 Å². The largest absolute Gasteiger partial charge is 2.00 e. The molecule has 0 atom stereocenters. The zero-order valence-electron chi connectivity index (χ0n) is 8.15. The Morgan fingerprint density at radius 3 is 1.25 bits per heavy atom. The molecule has 10 heteroatoms. The maximum Gasteiger partial charge on any atom is 2.00 e. The van der Waals surface area contributed by atoms with Gasteiger partial charge in [-0.3, -0.25) is 9.13 Å². The minimum Gasteiger partial charge on any atom is -1.00 e. The number of aliphatic hydroxyl groups is 1. The standard InChI is InChI=1S/C2H8O7P2.Ba.2H/c1-2(3,10(4,5)6)11(7,8)9;;;/h3H,1H3,(H2,4,5,6)(H2,7,8,9);;;/q;+2;2*-1. The molecule has 0 aliphatic heterocycles. The van der Waals surface area contributed by atoms with Crippen molar-refractivity contribution < 1.29 is 36.7 Å². The molecule has 0 rings (SSSR count). The normalized spacial score (nSPS) is 13.8. The van der Waals surface area contributed by atoms with E-state index >= 15 is 0 Å². The third-order valence-corrected chi connectivity index (χ3v) is 4.87. The fourth-order valence-electron chi connectivity index (χ4n) is 0.170. The molecule has 5 N–H and O–H groups in total. The van der Waals surface area contributed by atoms with Gasteiger partial charge >= 0.3 is 64.1 Å². The first-order valence-corrected chi connectivity index (χ1v) is 5.56. The van der Waals surface area contributed by atoms with Crippen molar-refractivity contribution in [1.29, 1.82) is 0 Å². The zero-order valence-corrected chi connectivity index (χ0v) is 12.4. The van der Waals surface area contributed by atoms with Crippen LogP contribution in [0.15, 0.2) is 0 Å². The van der Waals surface area contributed by atoms with Gasteiger partial charge in [-0.1, -0.05) is 0 Å². The second-order valence-electron chi connectivity index (χ2n) is 2.06. The third kappa shape index (κ3) is 3.53. The van der Waals surface area contributed by atoms with E-state index in [1.54, 1.807) is 0 Å². The van der Waals surface area contributed by atoms with E-state index in [1.165, 1.54) is 0 Å². The summed E-state index contributed by atoms with van der Waals surface area (Å²) in [5, 5.41) is 5.37. The Morgan fingerprint density at radius 1 is 1.08 bits per heavy atom. The van der Waals surface area contributed by atoms with Gasteiger partial charge in [0.05, 0.1) is 0 Å². The molecule has 0 bridgehead atoms. The smallest absolute Gasteiger partial charge is 1.00 e. The van der Waals surface area contributed by atoms with E-state index in [4.69, 9.17) is 24.7 Å². The summed E-state index contributed by atoms with van der Waals surface area (Å²) in [5.41, 5.74) is 0. The van der Waals surface area contributed by atoms with Crippen molar-refractivity contribution >= 4 is 64.1 Å². The molecule has 0 aliphatic carbocycles. The van der Waals surface area contributed by atoms with Crippen LogP contribution >= 0.6 is 15.2 Å². The second kappa shape index (κ2) is 4.57. The van der Waals surface area contributed by atoms with Crippen LogP contribution < -0.4 is 0 Å². The zero-order chi connectivity index (χ0) is 9.50. The van der Waals surface area contributed by atoms with Crippen molar-refractivity contribution in [3.8, 4) is 0 Å². The molecule has 12 heavy (non-hydrogen) atoms. The fourth-order valence-corrected chi connectivity index (χ4v) is 1.53. The molecule has 0 spiro atoms. The van der Waals surface area contributed by atoms with Crippen LogP contribution in [-0.2, 0) is 9.13 Å². The maximum absolute atomic E-state index is 10.3. The predicted molar refractivity (Wildman–Crippen MR) is 42.7 cm³/mol. The first-order valence-electron chi connectivity index (χ1n) is 2.34. The Labute approximate surface area is 112 Å². The summed E-state index contributed by atoms with van der Waals surface area (Å²) >= 11 is 0. The van der Waals surface area contributed by atoms with Crippen LogP contribution in [0.25, 0.3) is 0 Å². The van der Waals surface area contributed by atoms with E-state index in [0.29, 0.717) is 6.92 Å². The van der Waals surface area contributed by atoms with Crippen LogP contribution in [0.4, 0.5) is 0 Å². The maximum atomic E-state index is 10.3. The molecule has 7 nitrogen and oxygen atoms in total. The Morgan fingerprint density at radius 2 is 1.25 bits per heavy atom. The Balaban J connectivity index is -0.000000167. The minimum absolute atomic E-state index is 0. The molecule has 0 saturated carbocycles. The first-order chi connectivity index (χ1) is 4.50.